The molecule has 1 aliphatic carbocycles. The van der Waals surface area contributed by atoms with E-state index in [0.29, 0.717) is 11.1 Å². The minimum Gasteiger partial charge on any atom is -0.497 e. The molecular formula is C10H11ClO2. The summed E-state index contributed by atoms with van der Waals surface area (Å²) >= 11 is 5.98. The van der Waals surface area contributed by atoms with Gasteiger partial charge in [-0.05, 0) is 25.0 Å². The van der Waals surface area contributed by atoms with Crippen molar-refractivity contribution < 1.29 is 9.47 Å². The first-order valence-electron chi connectivity index (χ1n) is 4.30. The van der Waals surface area contributed by atoms with Crippen LogP contribution in [0.25, 0.3) is 0 Å². The molecule has 0 aromatic heterocycles. The number of hydrogen-bond donors (Lipinski definition) is 0. The van der Waals surface area contributed by atoms with E-state index in [4.69, 9.17) is 21.1 Å². The highest BCUT2D eigenvalue weighted by Gasteiger charge is 2.24. The van der Waals surface area contributed by atoms with Crippen molar-refractivity contribution in [1.29, 1.82) is 0 Å². The normalized spacial score (nSPS) is 15.5. The lowest BCUT2D eigenvalue weighted by atomic mass is 10.3. The van der Waals surface area contributed by atoms with E-state index >= 15 is 0 Å². The zero-order valence-electron chi connectivity index (χ0n) is 7.42. The maximum Gasteiger partial charge on any atom is 0.138 e. The SMILES string of the molecule is COc1ccc(OC2CC2)c(Cl)c1. The van der Waals surface area contributed by atoms with Gasteiger partial charge in [-0.2, -0.15) is 0 Å². The topological polar surface area (TPSA) is 18.5 Å². The van der Waals surface area contributed by atoms with Gasteiger partial charge in [0, 0.05) is 6.07 Å². The van der Waals surface area contributed by atoms with Gasteiger partial charge < -0.3 is 9.47 Å². The van der Waals surface area contributed by atoms with Gasteiger partial charge in [-0.15, -0.1) is 0 Å². The van der Waals surface area contributed by atoms with Crippen LogP contribution in [0.4, 0.5) is 0 Å². The molecule has 0 saturated heterocycles. The second-order valence-corrected chi connectivity index (χ2v) is 3.52. The molecule has 1 aromatic rings. The predicted octanol–water partition coefficient (Wildman–Crippen LogP) is 2.89. The Kier molecular flexibility index (Phi) is 2.32. The number of hydrogen-bond acceptors (Lipinski definition) is 2. The summed E-state index contributed by atoms with van der Waals surface area (Å²) in [5, 5.41) is 0.617. The van der Waals surface area contributed by atoms with E-state index < -0.39 is 0 Å². The fraction of sp³-hybridized carbons (Fsp3) is 0.400. The molecule has 3 heteroatoms. The van der Waals surface area contributed by atoms with Crippen molar-refractivity contribution >= 4 is 11.6 Å². The molecule has 2 nitrogen and oxygen atoms in total. The van der Waals surface area contributed by atoms with Crippen LogP contribution in [0.15, 0.2) is 18.2 Å². The molecule has 0 heterocycles. The minimum absolute atomic E-state index is 0.380. The molecule has 70 valence electrons. The molecule has 1 aromatic carbocycles. The van der Waals surface area contributed by atoms with Crippen LogP contribution in [0.2, 0.25) is 5.02 Å². The Morgan fingerprint density at radius 3 is 2.69 bits per heavy atom. The van der Waals surface area contributed by atoms with Crippen molar-refractivity contribution in [2.75, 3.05) is 7.11 Å². The zero-order valence-corrected chi connectivity index (χ0v) is 8.17. The van der Waals surface area contributed by atoms with E-state index in [0.717, 1.165) is 24.3 Å². The highest BCUT2D eigenvalue weighted by molar-refractivity contribution is 6.32. The lowest BCUT2D eigenvalue weighted by Crippen LogP contribution is -1.96. The van der Waals surface area contributed by atoms with Gasteiger partial charge >= 0.3 is 0 Å². The smallest absolute Gasteiger partial charge is 0.138 e. The molecule has 0 atom stereocenters. The van der Waals surface area contributed by atoms with E-state index in [1.54, 1.807) is 13.2 Å². The van der Waals surface area contributed by atoms with Gasteiger partial charge in [0.25, 0.3) is 0 Å². The molecule has 13 heavy (non-hydrogen) atoms. The quantitative estimate of drug-likeness (QED) is 0.744. The number of benzene rings is 1. The Balaban J connectivity index is 2.15. The van der Waals surface area contributed by atoms with Crippen LogP contribution in [-0.4, -0.2) is 13.2 Å². The van der Waals surface area contributed by atoms with Crippen LogP contribution >= 0.6 is 11.6 Å². The predicted molar refractivity (Wildman–Crippen MR) is 51.7 cm³/mol. The Morgan fingerprint density at radius 2 is 2.15 bits per heavy atom. The highest BCUT2D eigenvalue weighted by Crippen LogP contribution is 2.33. The van der Waals surface area contributed by atoms with Gasteiger partial charge in [-0.25, -0.2) is 0 Å². The number of ether oxygens (including phenoxy) is 2. The van der Waals surface area contributed by atoms with Crippen LogP contribution in [0, 0.1) is 0 Å². The minimum atomic E-state index is 0.380. The van der Waals surface area contributed by atoms with Crippen molar-refractivity contribution in [3.8, 4) is 11.5 Å². The van der Waals surface area contributed by atoms with E-state index in [2.05, 4.69) is 0 Å². The maximum absolute atomic E-state index is 5.98. The van der Waals surface area contributed by atoms with Crippen LogP contribution in [0.1, 0.15) is 12.8 Å². The lowest BCUT2D eigenvalue weighted by molar-refractivity contribution is 0.302. The fourth-order valence-corrected chi connectivity index (χ4v) is 1.28. The van der Waals surface area contributed by atoms with Crippen molar-refractivity contribution in [2.45, 2.75) is 18.9 Å². The maximum atomic E-state index is 5.98. The lowest BCUT2D eigenvalue weighted by Gasteiger charge is -2.07. The average molecular weight is 199 g/mol. The first kappa shape index (κ1) is 8.70. The second kappa shape index (κ2) is 3.46. The number of halogens is 1. The zero-order chi connectivity index (χ0) is 9.26. The Morgan fingerprint density at radius 1 is 1.38 bits per heavy atom. The average Bonchev–Trinajstić information content (AvgIpc) is 2.92. The van der Waals surface area contributed by atoms with Gasteiger partial charge in [-0.3, -0.25) is 0 Å². The molecule has 0 amide bonds. The summed E-state index contributed by atoms with van der Waals surface area (Å²) in [6.07, 6.45) is 2.66. The molecule has 2 rings (SSSR count). The molecule has 0 bridgehead atoms. The standard InChI is InChI=1S/C10H11ClO2/c1-12-8-4-5-10(9(11)6-8)13-7-2-3-7/h4-7H,2-3H2,1H3. The van der Waals surface area contributed by atoms with Crippen LogP contribution < -0.4 is 9.47 Å². The molecule has 1 saturated carbocycles. The van der Waals surface area contributed by atoms with Crippen molar-refractivity contribution in [3.05, 3.63) is 23.2 Å². The molecule has 0 spiro atoms. The second-order valence-electron chi connectivity index (χ2n) is 3.11. The molecule has 0 radical (unpaired) electrons. The summed E-state index contributed by atoms with van der Waals surface area (Å²) < 4.78 is 10.6. The Hall–Kier alpha value is -0.890. The summed E-state index contributed by atoms with van der Waals surface area (Å²) in [5.41, 5.74) is 0. The largest absolute Gasteiger partial charge is 0.497 e. The monoisotopic (exact) mass is 198 g/mol. The van der Waals surface area contributed by atoms with E-state index in [1.165, 1.54) is 0 Å². The molecule has 1 aliphatic rings. The summed E-state index contributed by atoms with van der Waals surface area (Å²) in [6.45, 7) is 0. The van der Waals surface area contributed by atoms with Gasteiger partial charge in [0.15, 0.2) is 0 Å². The Bertz CT molecular complexity index is 308. The van der Waals surface area contributed by atoms with Crippen LogP contribution in [0.3, 0.4) is 0 Å². The van der Waals surface area contributed by atoms with Gasteiger partial charge in [0.2, 0.25) is 0 Å². The van der Waals surface area contributed by atoms with Gasteiger partial charge in [0.05, 0.1) is 18.2 Å². The number of rotatable bonds is 3. The summed E-state index contributed by atoms with van der Waals surface area (Å²) in [7, 11) is 1.62. The fourth-order valence-electron chi connectivity index (χ4n) is 1.07. The van der Waals surface area contributed by atoms with Crippen molar-refractivity contribution in [2.24, 2.45) is 0 Å². The summed E-state index contributed by atoms with van der Waals surface area (Å²) in [5.74, 6) is 1.51. The van der Waals surface area contributed by atoms with Crippen LogP contribution in [-0.2, 0) is 0 Å². The Labute approximate surface area is 82.4 Å². The van der Waals surface area contributed by atoms with E-state index in [-0.39, 0.29) is 0 Å². The van der Waals surface area contributed by atoms with Gasteiger partial charge in [-0.1, -0.05) is 11.6 Å². The number of methoxy groups -OCH3 is 1. The van der Waals surface area contributed by atoms with Gasteiger partial charge in [0.1, 0.15) is 11.5 Å². The molecule has 0 N–H and O–H groups in total. The third-order valence-corrected chi connectivity index (χ3v) is 2.25. The first-order chi connectivity index (χ1) is 6.29. The van der Waals surface area contributed by atoms with Crippen molar-refractivity contribution in [1.82, 2.24) is 0 Å². The third kappa shape index (κ3) is 2.07. The van der Waals surface area contributed by atoms with E-state index in [1.807, 2.05) is 12.1 Å². The van der Waals surface area contributed by atoms with Crippen LogP contribution in [0.5, 0.6) is 11.5 Å². The highest BCUT2D eigenvalue weighted by atomic mass is 35.5. The first-order valence-corrected chi connectivity index (χ1v) is 4.67. The molecule has 0 unspecified atom stereocenters. The molecular weight excluding hydrogens is 188 g/mol. The molecule has 1 fully saturated rings. The summed E-state index contributed by atoms with van der Waals surface area (Å²) in [6, 6.07) is 5.46. The van der Waals surface area contributed by atoms with E-state index in [9.17, 15) is 0 Å². The third-order valence-electron chi connectivity index (χ3n) is 1.96. The summed E-state index contributed by atoms with van der Waals surface area (Å²) in [4.78, 5) is 0. The molecule has 0 aliphatic heterocycles. The van der Waals surface area contributed by atoms with Crippen molar-refractivity contribution in [3.63, 3.8) is 0 Å².